The van der Waals surface area contributed by atoms with Crippen molar-refractivity contribution in [2.24, 2.45) is 0 Å². The molecule has 0 fully saturated rings. The number of hydrogen-bond donors (Lipinski definition) is 1. The monoisotopic (exact) mass is 825 g/mol. The van der Waals surface area contributed by atoms with Crippen LogP contribution in [-0.2, 0) is 32.7 Å². The Labute approximate surface area is 351 Å². The first-order valence-corrected chi connectivity index (χ1v) is 25.2. The van der Waals surface area contributed by atoms with Crippen molar-refractivity contribution in [1.29, 1.82) is 0 Å². The molecule has 0 spiro atoms. The molecule has 0 aliphatic heterocycles. The Morgan fingerprint density at radius 1 is 0.491 bits per heavy atom. The van der Waals surface area contributed by atoms with E-state index in [1.54, 1.807) is 0 Å². The van der Waals surface area contributed by atoms with Crippen molar-refractivity contribution in [1.82, 2.24) is 0 Å². The fourth-order valence-electron chi connectivity index (χ4n) is 6.68. The highest BCUT2D eigenvalue weighted by atomic mass is 31.2. The maximum atomic E-state index is 12.5. The van der Waals surface area contributed by atoms with Crippen molar-refractivity contribution in [3.63, 3.8) is 0 Å². The quantitative estimate of drug-likeness (QED) is 0.0280. The number of carbonyl (C=O) groups is 2. The first-order chi connectivity index (χ1) is 27.8. The Balaban J connectivity index is 3.91. The number of esters is 2. The van der Waals surface area contributed by atoms with Crippen LogP contribution in [0.15, 0.2) is 36.5 Å². The first kappa shape index (κ1) is 55.3. The molecule has 0 saturated carbocycles. The molecule has 1 N–H and O–H groups in total. The van der Waals surface area contributed by atoms with Crippen molar-refractivity contribution < 1.29 is 37.6 Å². The lowest BCUT2D eigenvalue weighted by Crippen LogP contribution is -2.29. The van der Waals surface area contributed by atoms with Crippen LogP contribution >= 0.6 is 7.82 Å². The highest BCUT2D eigenvalue weighted by Crippen LogP contribution is 2.42. The van der Waals surface area contributed by atoms with E-state index >= 15 is 0 Å². The third-order valence-electron chi connectivity index (χ3n) is 10.4. The Morgan fingerprint density at radius 2 is 0.842 bits per heavy atom. The van der Waals surface area contributed by atoms with Crippen LogP contribution in [0, 0.1) is 0 Å². The molecule has 57 heavy (non-hydrogen) atoms. The Bertz CT molecular complexity index is 1030. The van der Waals surface area contributed by atoms with Gasteiger partial charge in [0.1, 0.15) is 6.61 Å². The van der Waals surface area contributed by atoms with Gasteiger partial charge in [-0.25, -0.2) is 4.57 Å². The molecule has 9 heteroatoms. The average molecular weight is 825 g/mol. The molecule has 0 heterocycles. The molecule has 0 aromatic rings. The van der Waals surface area contributed by atoms with Crippen LogP contribution in [-0.4, -0.2) is 43.3 Å². The lowest BCUT2D eigenvalue weighted by atomic mass is 10.0. The van der Waals surface area contributed by atoms with E-state index in [0.717, 1.165) is 64.9 Å². The van der Waals surface area contributed by atoms with Gasteiger partial charge in [-0.2, -0.15) is 0 Å². The second-order valence-corrected chi connectivity index (χ2v) is 17.4. The summed E-state index contributed by atoms with van der Waals surface area (Å²) in [5.41, 5.74) is 0. The van der Waals surface area contributed by atoms with Crippen LogP contribution in [0.2, 0.25) is 0 Å². The van der Waals surface area contributed by atoms with Crippen molar-refractivity contribution >= 4 is 19.8 Å². The summed E-state index contributed by atoms with van der Waals surface area (Å²) in [6.45, 7) is 3.87. The Morgan fingerprint density at radius 3 is 1.28 bits per heavy atom. The van der Waals surface area contributed by atoms with E-state index in [1.807, 2.05) is 0 Å². The summed E-state index contributed by atoms with van der Waals surface area (Å²) in [4.78, 5) is 34.5. The zero-order chi connectivity index (χ0) is 41.8. The van der Waals surface area contributed by atoms with Gasteiger partial charge in [-0.15, -0.1) is 0 Å². The fourth-order valence-corrected chi connectivity index (χ4v) is 7.14. The van der Waals surface area contributed by atoms with E-state index in [0.29, 0.717) is 12.8 Å². The smallest absolute Gasteiger partial charge is 0.462 e. The SMILES string of the molecule is CCCCC/C=C\C/C=C\CCCCCCCC(=O)OC(COC(=O)CCCCCCCCCCCCC/C=C\CCCCCCCCCC)COP(=O)(O)OC. The van der Waals surface area contributed by atoms with E-state index in [1.165, 1.54) is 141 Å². The largest absolute Gasteiger partial charge is 0.472 e. The summed E-state index contributed by atoms with van der Waals surface area (Å²) in [5.74, 6) is -0.814. The second kappa shape index (κ2) is 43.8. The van der Waals surface area contributed by atoms with Gasteiger partial charge in [-0.1, -0.05) is 185 Å². The van der Waals surface area contributed by atoms with Gasteiger partial charge in [0.15, 0.2) is 6.10 Å². The normalized spacial score (nSPS) is 13.5. The van der Waals surface area contributed by atoms with Gasteiger partial charge in [-0.05, 0) is 70.6 Å². The predicted molar refractivity (Wildman–Crippen MR) is 239 cm³/mol. The molecule has 0 aliphatic rings. The van der Waals surface area contributed by atoms with Crippen LogP contribution in [0.4, 0.5) is 0 Å². The predicted octanol–water partition coefficient (Wildman–Crippen LogP) is 15.2. The molecule has 2 atom stereocenters. The standard InChI is InChI=1S/C48H89O8P/c1-4-6-8-10-12-14-16-18-20-21-22-23-24-25-26-27-29-30-32-34-36-38-40-42-47(49)54-44-46(45-55-57(51,52)53-3)56-48(50)43-41-39-37-35-33-31-28-19-17-15-13-11-9-7-5-2/h13,15,19,21-22,28,46H,4-12,14,16-18,20,23-27,29-45H2,1-3H3,(H,51,52)/b15-13-,22-21-,28-19-. The summed E-state index contributed by atoms with van der Waals surface area (Å²) < 4.78 is 32.0. The van der Waals surface area contributed by atoms with Crippen LogP contribution in [0.3, 0.4) is 0 Å². The number of ether oxygens (including phenoxy) is 2. The lowest BCUT2D eigenvalue weighted by molar-refractivity contribution is -0.161. The van der Waals surface area contributed by atoms with Gasteiger partial charge >= 0.3 is 19.8 Å². The molecule has 8 nitrogen and oxygen atoms in total. The van der Waals surface area contributed by atoms with Crippen molar-refractivity contribution in [2.45, 2.75) is 238 Å². The molecule has 0 aromatic carbocycles. The number of phosphoric acid groups is 1. The van der Waals surface area contributed by atoms with Crippen LogP contribution in [0.5, 0.6) is 0 Å². The molecule has 0 saturated heterocycles. The molecule has 0 aliphatic carbocycles. The van der Waals surface area contributed by atoms with Crippen LogP contribution in [0.25, 0.3) is 0 Å². The number of phosphoric ester groups is 1. The summed E-state index contributed by atoms with van der Waals surface area (Å²) in [6, 6.07) is 0. The fraction of sp³-hybridized carbons (Fsp3) is 0.833. The van der Waals surface area contributed by atoms with Crippen LogP contribution in [0.1, 0.15) is 232 Å². The van der Waals surface area contributed by atoms with Gasteiger partial charge in [0.25, 0.3) is 0 Å². The van der Waals surface area contributed by atoms with Gasteiger partial charge in [0.2, 0.25) is 0 Å². The molecule has 0 bridgehead atoms. The molecule has 2 unspecified atom stereocenters. The second-order valence-electron chi connectivity index (χ2n) is 15.9. The summed E-state index contributed by atoms with van der Waals surface area (Å²) in [5, 5.41) is 0. The van der Waals surface area contributed by atoms with E-state index in [9.17, 15) is 19.0 Å². The van der Waals surface area contributed by atoms with Crippen LogP contribution < -0.4 is 0 Å². The first-order valence-electron chi connectivity index (χ1n) is 23.7. The molecule has 0 rings (SSSR count). The van der Waals surface area contributed by atoms with Gasteiger partial charge in [0, 0.05) is 20.0 Å². The number of unbranched alkanes of at least 4 members (excludes halogenated alkanes) is 27. The van der Waals surface area contributed by atoms with E-state index in [2.05, 4.69) is 54.8 Å². The van der Waals surface area contributed by atoms with Gasteiger partial charge in [0.05, 0.1) is 6.61 Å². The molecule has 0 aromatic heterocycles. The van der Waals surface area contributed by atoms with Gasteiger partial charge < -0.3 is 14.4 Å². The molecular weight excluding hydrogens is 735 g/mol. The Kier molecular flexibility index (Phi) is 42.5. The lowest BCUT2D eigenvalue weighted by Gasteiger charge is -2.19. The third kappa shape index (κ3) is 43.7. The highest BCUT2D eigenvalue weighted by Gasteiger charge is 2.24. The summed E-state index contributed by atoms with van der Waals surface area (Å²) in [6.07, 6.45) is 52.0. The molecule has 0 radical (unpaired) electrons. The van der Waals surface area contributed by atoms with Crippen molar-refractivity contribution in [2.75, 3.05) is 20.3 Å². The Hall–Kier alpha value is -1.73. The molecule has 0 amide bonds. The maximum Gasteiger partial charge on any atom is 0.472 e. The average Bonchev–Trinajstić information content (AvgIpc) is 3.20. The van der Waals surface area contributed by atoms with E-state index in [-0.39, 0.29) is 19.0 Å². The summed E-state index contributed by atoms with van der Waals surface area (Å²) >= 11 is 0. The minimum Gasteiger partial charge on any atom is -0.462 e. The highest BCUT2D eigenvalue weighted by molar-refractivity contribution is 7.47. The zero-order valence-electron chi connectivity index (χ0n) is 37.2. The number of rotatable bonds is 44. The minimum atomic E-state index is -4.27. The topological polar surface area (TPSA) is 108 Å². The molecule has 334 valence electrons. The van der Waals surface area contributed by atoms with E-state index < -0.39 is 26.5 Å². The maximum absolute atomic E-state index is 12.5. The number of carbonyl (C=O) groups excluding carboxylic acids is 2. The summed E-state index contributed by atoms with van der Waals surface area (Å²) in [7, 11) is -3.21. The third-order valence-corrected chi connectivity index (χ3v) is 11.3. The van der Waals surface area contributed by atoms with Crippen molar-refractivity contribution in [3.05, 3.63) is 36.5 Å². The number of hydrogen-bond acceptors (Lipinski definition) is 7. The zero-order valence-corrected chi connectivity index (χ0v) is 38.1. The molecular formula is C48H89O8P. The van der Waals surface area contributed by atoms with Gasteiger partial charge in [-0.3, -0.25) is 18.6 Å². The van der Waals surface area contributed by atoms with E-state index in [4.69, 9.17) is 14.0 Å². The van der Waals surface area contributed by atoms with Crippen molar-refractivity contribution in [3.8, 4) is 0 Å². The number of allylic oxidation sites excluding steroid dienone is 6. The minimum absolute atomic E-state index is 0.229.